The summed E-state index contributed by atoms with van der Waals surface area (Å²) in [5.41, 5.74) is 3.75. The molecule has 0 unspecified atom stereocenters. The van der Waals surface area contributed by atoms with Crippen LogP contribution in [0.3, 0.4) is 0 Å². The van der Waals surface area contributed by atoms with Crippen LogP contribution >= 0.6 is 0 Å². The summed E-state index contributed by atoms with van der Waals surface area (Å²) < 4.78 is 0. The van der Waals surface area contributed by atoms with Crippen LogP contribution in [0.2, 0.25) is 0 Å². The van der Waals surface area contributed by atoms with Crippen LogP contribution in [0, 0.1) is 0 Å². The Morgan fingerprint density at radius 1 is 1.07 bits per heavy atom. The first-order valence-electron chi connectivity index (χ1n) is 4.18. The van der Waals surface area contributed by atoms with E-state index in [1.807, 2.05) is 35.8 Å². The van der Waals surface area contributed by atoms with Crippen molar-refractivity contribution in [2.24, 2.45) is 0 Å². The van der Waals surface area contributed by atoms with Crippen LogP contribution in [-0.4, -0.2) is 15.2 Å². The number of nitrogens with zero attached hydrogens (tertiary/aromatic N) is 2. The molecular formula is C10H9N3O. The van der Waals surface area contributed by atoms with Gasteiger partial charge in [-0.1, -0.05) is 30.3 Å². The molecule has 0 aliphatic heterocycles. The Kier molecular flexibility index (Phi) is 2.38. The van der Waals surface area contributed by atoms with E-state index in [1.54, 1.807) is 6.07 Å². The lowest BCUT2D eigenvalue weighted by molar-refractivity contribution is 0.386. The molecule has 0 saturated carbocycles. The number of rotatable bonds is 2. The molecule has 2 rings (SSSR count). The molecule has 0 amide bonds. The molecule has 0 bridgehead atoms. The van der Waals surface area contributed by atoms with Crippen molar-refractivity contribution in [2.45, 2.75) is 0 Å². The van der Waals surface area contributed by atoms with Crippen LogP contribution < -0.4 is 5.48 Å². The van der Waals surface area contributed by atoms with Gasteiger partial charge in [-0.05, 0) is 0 Å². The molecule has 2 aromatic rings. The molecule has 14 heavy (non-hydrogen) atoms. The van der Waals surface area contributed by atoms with Gasteiger partial charge in [0.05, 0.1) is 5.69 Å². The van der Waals surface area contributed by atoms with Crippen molar-refractivity contribution in [3.63, 3.8) is 0 Å². The molecule has 4 nitrogen and oxygen atoms in total. The molecule has 0 fully saturated rings. The molecule has 0 spiro atoms. The van der Waals surface area contributed by atoms with Crippen molar-refractivity contribution in [3.05, 3.63) is 42.7 Å². The van der Waals surface area contributed by atoms with Gasteiger partial charge in [-0.25, -0.2) is 9.97 Å². The third kappa shape index (κ3) is 1.70. The highest BCUT2D eigenvalue weighted by Crippen LogP contribution is 2.17. The average molecular weight is 187 g/mol. The molecule has 70 valence electrons. The molecule has 2 N–H and O–H groups in total. The van der Waals surface area contributed by atoms with E-state index in [-0.39, 0.29) is 0 Å². The summed E-state index contributed by atoms with van der Waals surface area (Å²) in [6, 6.07) is 11.4. The maximum Gasteiger partial charge on any atom is 0.153 e. The zero-order chi connectivity index (χ0) is 9.80. The van der Waals surface area contributed by atoms with Gasteiger partial charge in [0, 0.05) is 11.6 Å². The zero-order valence-corrected chi connectivity index (χ0v) is 7.38. The fraction of sp³-hybridized carbons (Fsp3) is 0. The van der Waals surface area contributed by atoms with Gasteiger partial charge >= 0.3 is 0 Å². The summed E-state index contributed by atoms with van der Waals surface area (Å²) in [5.74, 6) is 0.388. The Balaban J connectivity index is 2.42. The van der Waals surface area contributed by atoms with E-state index >= 15 is 0 Å². The Hall–Kier alpha value is -1.94. The second kappa shape index (κ2) is 3.85. The Bertz CT molecular complexity index is 417. The van der Waals surface area contributed by atoms with E-state index in [9.17, 15) is 0 Å². The van der Waals surface area contributed by atoms with Crippen LogP contribution in [-0.2, 0) is 0 Å². The summed E-state index contributed by atoms with van der Waals surface area (Å²) in [5, 5.41) is 8.67. The number of hydrogen-bond acceptors (Lipinski definition) is 4. The second-order valence-corrected chi connectivity index (χ2v) is 2.77. The second-order valence-electron chi connectivity index (χ2n) is 2.77. The summed E-state index contributed by atoms with van der Waals surface area (Å²) >= 11 is 0. The molecule has 0 radical (unpaired) electrons. The third-order valence-electron chi connectivity index (χ3n) is 1.85. The Morgan fingerprint density at radius 2 is 1.86 bits per heavy atom. The maximum atomic E-state index is 8.67. The van der Waals surface area contributed by atoms with Crippen LogP contribution in [0.5, 0.6) is 0 Å². The van der Waals surface area contributed by atoms with E-state index in [4.69, 9.17) is 5.21 Å². The van der Waals surface area contributed by atoms with Crippen LogP contribution in [0.25, 0.3) is 11.3 Å². The van der Waals surface area contributed by atoms with Crippen molar-refractivity contribution >= 4 is 5.82 Å². The SMILES string of the molecule is ONc1cc(-c2ccccc2)ncn1. The van der Waals surface area contributed by atoms with Crippen LogP contribution in [0.15, 0.2) is 42.7 Å². The summed E-state index contributed by atoms with van der Waals surface area (Å²) in [7, 11) is 0. The average Bonchev–Trinajstić information content (AvgIpc) is 2.30. The summed E-state index contributed by atoms with van der Waals surface area (Å²) in [6.07, 6.45) is 1.40. The summed E-state index contributed by atoms with van der Waals surface area (Å²) in [6.45, 7) is 0. The van der Waals surface area contributed by atoms with Crippen molar-refractivity contribution in [2.75, 3.05) is 5.48 Å². The molecule has 0 atom stereocenters. The fourth-order valence-corrected chi connectivity index (χ4v) is 1.19. The predicted molar refractivity (Wildman–Crippen MR) is 52.9 cm³/mol. The lowest BCUT2D eigenvalue weighted by Crippen LogP contribution is -1.94. The normalized spacial score (nSPS) is 9.79. The molecule has 1 heterocycles. The molecule has 0 aliphatic carbocycles. The van der Waals surface area contributed by atoms with E-state index < -0.39 is 0 Å². The van der Waals surface area contributed by atoms with Crippen molar-refractivity contribution in [1.29, 1.82) is 0 Å². The highest BCUT2D eigenvalue weighted by atomic mass is 16.5. The highest BCUT2D eigenvalue weighted by Gasteiger charge is 1.99. The number of aromatic nitrogens is 2. The molecular weight excluding hydrogens is 178 g/mol. The lowest BCUT2D eigenvalue weighted by atomic mass is 10.1. The number of hydrogen-bond donors (Lipinski definition) is 2. The van der Waals surface area contributed by atoms with E-state index in [2.05, 4.69) is 9.97 Å². The smallest absolute Gasteiger partial charge is 0.153 e. The number of anilines is 1. The Labute approximate surface area is 81.2 Å². The standard InChI is InChI=1S/C10H9N3O/c14-13-10-6-9(11-7-12-10)8-4-2-1-3-5-8/h1-7,14H,(H,11,12,13). The third-order valence-corrected chi connectivity index (χ3v) is 1.85. The van der Waals surface area contributed by atoms with E-state index in [0.717, 1.165) is 11.3 Å². The largest absolute Gasteiger partial charge is 0.290 e. The minimum atomic E-state index is 0.388. The first kappa shape index (κ1) is 8.65. The minimum Gasteiger partial charge on any atom is -0.290 e. The number of nitrogens with one attached hydrogen (secondary N) is 1. The predicted octanol–water partition coefficient (Wildman–Crippen LogP) is 1.94. The monoisotopic (exact) mass is 187 g/mol. The zero-order valence-electron chi connectivity index (χ0n) is 7.38. The van der Waals surface area contributed by atoms with Gasteiger partial charge in [0.25, 0.3) is 0 Å². The quantitative estimate of drug-likeness (QED) is 0.705. The van der Waals surface area contributed by atoms with Crippen LogP contribution in [0.1, 0.15) is 0 Å². The van der Waals surface area contributed by atoms with Gasteiger partial charge in [-0.3, -0.25) is 10.7 Å². The van der Waals surface area contributed by atoms with Gasteiger partial charge in [-0.2, -0.15) is 0 Å². The molecule has 0 aliphatic rings. The highest BCUT2D eigenvalue weighted by molar-refractivity contribution is 5.61. The van der Waals surface area contributed by atoms with Crippen molar-refractivity contribution in [1.82, 2.24) is 9.97 Å². The van der Waals surface area contributed by atoms with Gasteiger partial charge in [-0.15, -0.1) is 0 Å². The lowest BCUT2D eigenvalue weighted by Gasteiger charge is -2.01. The minimum absolute atomic E-state index is 0.388. The van der Waals surface area contributed by atoms with E-state index in [0.29, 0.717) is 5.82 Å². The van der Waals surface area contributed by atoms with Crippen molar-refractivity contribution in [3.8, 4) is 11.3 Å². The van der Waals surface area contributed by atoms with Gasteiger partial charge < -0.3 is 0 Å². The first-order chi connectivity index (χ1) is 6.90. The maximum absolute atomic E-state index is 8.67. The Morgan fingerprint density at radius 3 is 2.57 bits per heavy atom. The number of benzene rings is 1. The van der Waals surface area contributed by atoms with Crippen molar-refractivity contribution < 1.29 is 5.21 Å². The molecule has 4 heteroatoms. The van der Waals surface area contributed by atoms with Crippen LogP contribution in [0.4, 0.5) is 5.82 Å². The van der Waals surface area contributed by atoms with Gasteiger partial charge in [0.1, 0.15) is 6.33 Å². The molecule has 0 saturated heterocycles. The summed E-state index contributed by atoms with van der Waals surface area (Å²) in [4.78, 5) is 7.91. The van der Waals surface area contributed by atoms with Gasteiger partial charge in [0.15, 0.2) is 5.82 Å². The molecule has 1 aromatic heterocycles. The van der Waals surface area contributed by atoms with E-state index in [1.165, 1.54) is 6.33 Å². The molecule has 1 aromatic carbocycles. The fourth-order valence-electron chi connectivity index (χ4n) is 1.19. The van der Waals surface area contributed by atoms with Gasteiger partial charge in [0.2, 0.25) is 0 Å². The topological polar surface area (TPSA) is 58.0 Å². The first-order valence-corrected chi connectivity index (χ1v) is 4.18.